The Balaban J connectivity index is 1.83. The van der Waals surface area contributed by atoms with Crippen LogP contribution in [-0.4, -0.2) is 36.7 Å². The Morgan fingerprint density at radius 1 is 1.19 bits per heavy atom. The van der Waals surface area contributed by atoms with Crippen LogP contribution in [0, 0.1) is 5.41 Å². The van der Waals surface area contributed by atoms with Crippen molar-refractivity contribution >= 4 is 23.5 Å². The molecule has 10 heteroatoms. The van der Waals surface area contributed by atoms with Crippen molar-refractivity contribution in [2.45, 2.75) is 40.0 Å². The Labute approximate surface area is 154 Å². The maximum absolute atomic E-state index is 13.0. The minimum absolute atomic E-state index is 0.158. The first-order valence-corrected chi connectivity index (χ1v) is 8.05. The molecule has 1 aliphatic rings. The second-order valence-corrected chi connectivity index (χ2v) is 6.93. The van der Waals surface area contributed by atoms with Crippen molar-refractivity contribution in [1.29, 1.82) is 0 Å². The summed E-state index contributed by atoms with van der Waals surface area (Å²) < 4.78 is 39.3. The van der Waals surface area contributed by atoms with Crippen molar-refractivity contribution in [3.63, 3.8) is 0 Å². The van der Waals surface area contributed by atoms with E-state index in [2.05, 4.69) is 20.1 Å². The van der Waals surface area contributed by atoms with Crippen molar-refractivity contribution in [2.24, 2.45) is 5.41 Å². The molecule has 1 heterocycles. The van der Waals surface area contributed by atoms with E-state index in [1.54, 1.807) is 20.8 Å². The fraction of sp³-hybridized carbons (Fsp3) is 0.471. The highest BCUT2D eigenvalue weighted by Gasteiger charge is 2.43. The SMILES string of the molecule is CC(NC(=O)C(C)(C)C)C(=O)OCC(=O)Nc1ccc2c(c1)OC(F)(F)O2. The molecule has 1 atom stereocenters. The fourth-order valence-electron chi connectivity index (χ4n) is 1.96. The van der Waals surface area contributed by atoms with Gasteiger partial charge in [-0.25, -0.2) is 4.79 Å². The molecule has 2 N–H and O–H groups in total. The number of fused-ring (bicyclic) bond motifs is 1. The molecule has 1 aliphatic heterocycles. The van der Waals surface area contributed by atoms with Crippen LogP contribution in [0.15, 0.2) is 18.2 Å². The van der Waals surface area contributed by atoms with Gasteiger partial charge in [0, 0.05) is 17.2 Å². The van der Waals surface area contributed by atoms with Gasteiger partial charge >= 0.3 is 12.3 Å². The lowest BCUT2D eigenvalue weighted by atomic mass is 9.95. The van der Waals surface area contributed by atoms with Crippen molar-refractivity contribution in [3.8, 4) is 11.5 Å². The Morgan fingerprint density at radius 2 is 1.81 bits per heavy atom. The van der Waals surface area contributed by atoms with Crippen LogP contribution in [0.4, 0.5) is 14.5 Å². The lowest BCUT2D eigenvalue weighted by Gasteiger charge is -2.20. The number of hydrogen-bond acceptors (Lipinski definition) is 6. The van der Waals surface area contributed by atoms with Gasteiger partial charge in [0.15, 0.2) is 18.1 Å². The van der Waals surface area contributed by atoms with E-state index in [9.17, 15) is 23.2 Å². The summed E-state index contributed by atoms with van der Waals surface area (Å²) in [5.41, 5.74) is -0.521. The van der Waals surface area contributed by atoms with Crippen LogP contribution in [0.3, 0.4) is 0 Å². The van der Waals surface area contributed by atoms with Crippen molar-refractivity contribution in [3.05, 3.63) is 18.2 Å². The molecule has 1 aromatic rings. The van der Waals surface area contributed by atoms with E-state index in [1.807, 2.05) is 0 Å². The summed E-state index contributed by atoms with van der Waals surface area (Å²) >= 11 is 0. The molecule has 0 aliphatic carbocycles. The Morgan fingerprint density at radius 3 is 2.44 bits per heavy atom. The molecule has 2 rings (SSSR count). The second-order valence-electron chi connectivity index (χ2n) is 6.93. The summed E-state index contributed by atoms with van der Waals surface area (Å²) in [5.74, 6) is -2.20. The second kappa shape index (κ2) is 7.37. The number of amides is 2. The van der Waals surface area contributed by atoms with E-state index in [0.717, 1.165) is 6.07 Å². The summed E-state index contributed by atoms with van der Waals surface area (Å²) in [6.07, 6.45) is -3.76. The molecule has 27 heavy (non-hydrogen) atoms. The number of carbonyl (C=O) groups is 3. The fourth-order valence-corrected chi connectivity index (χ4v) is 1.96. The molecule has 0 saturated carbocycles. The third-order valence-corrected chi connectivity index (χ3v) is 3.41. The summed E-state index contributed by atoms with van der Waals surface area (Å²) in [6, 6.07) is 2.76. The first-order valence-electron chi connectivity index (χ1n) is 8.05. The average molecular weight is 386 g/mol. The highest BCUT2D eigenvalue weighted by atomic mass is 19.3. The Bertz CT molecular complexity index is 760. The standard InChI is InChI=1S/C17H20F2N2O6/c1-9(20-15(24)16(2,3)4)14(23)25-8-13(22)21-10-5-6-11-12(7-10)27-17(18,19)26-11/h5-7,9H,8H2,1-4H3,(H,20,24)(H,21,22). The van der Waals surface area contributed by atoms with Gasteiger partial charge in [-0.05, 0) is 19.1 Å². The van der Waals surface area contributed by atoms with Gasteiger partial charge in [0.1, 0.15) is 6.04 Å². The quantitative estimate of drug-likeness (QED) is 0.751. The molecule has 0 bridgehead atoms. The molecule has 0 saturated heterocycles. The molecule has 0 radical (unpaired) electrons. The number of alkyl halides is 2. The van der Waals surface area contributed by atoms with Gasteiger partial charge in [0.2, 0.25) is 5.91 Å². The normalized spacial score (nSPS) is 15.6. The molecule has 0 fully saturated rings. The molecular weight excluding hydrogens is 366 g/mol. The third kappa shape index (κ3) is 5.53. The van der Waals surface area contributed by atoms with Crippen molar-refractivity contribution in [1.82, 2.24) is 5.32 Å². The molecule has 1 aromatic carbocycles. The molecule has 148 valence electrons. The average Bonchev–Trinajstić information content (AvgIpc) is 2.84. The van der Waals surface area contributed by atoms with Crippen LogP contribution in [0.2, 0.25) is 0 Å². The van der Waals surface area contributed by atoms with Gasteiger partial charge < -0.3 is 24.8 Å². The zero-order valence-corrected chi connectivity index (χ0v) is 15.2. The minimum atomic E-state index is -3.76. The van der Waals surface area contributed by atoms with E-state index >= 15 is 0 Å². The maximum Gasteiger partial charge on any atom is 0.586 e. The number of ether oxygens (including phenoxy) is 3. The van der Waals surface area contributed by atoms with Gasteiger partial charge in [-0.15, -0.1) is 8.78 Å². The van der Waals surface area contributed by atoms with Crippen LogP contribution >= 0.6 is 0 Å². The van der Waals surface area contributed by atoms with Crippen molar-refractivity contribution < 1.29 is 37.4 Å². The van der Waals surface area contributed by atoms with E-state index in [-0.39, 0.29) is 23.1 Å². The van der Waals surface area contributed by atoms with Crippen LogP contribution in [-0.2, 0) is 19.1 Å². The van der Waals surface area contributed by atoms with E-state index in [4.69, 9.17) is 4.74 Å². The molecule has 0 spiro atoms. The molecule has 1 unspecified atom stereocenters. The zero-order chi connectivity index (χ0) is 20.4. The highest BCUT2D eigenvalue weighted by Crippen LogP contribution is 2.42. The summed E-state index contributed by atoms with van der Waals surface area (Å²) in [5, 5.41) is 4.86. The van der Waals surface area contributed by atoms with Gasteiger partial charge in [0.25, 0.3) is 5.91 Å². The predicted molar refractivity (Wildman–Crippen MR) is 89.3 cm³/mol. The first kappa shape index (κ1) is 20.4. The lowest BCUT2D eigenvalue weighted by molar-refractivity contribution is -0.286. The van der Waals surface area contributed by atoms with Gasteiger partial charge in [-0.2, -0.15) is 0 Å². The highest BCUT2D eigenvalue weighted by molar-refractivity contribution is 5.94. The maximum atomic E-state index is 13.0. The van der Waals surface area contributed by atoms with Gasteiger partial charge in [0.05, 0.1) is 0 Å². The van der Waals surface area contributed by atoms with Crippen LogP contribution in [0.1, 0.15) is 27.7 Å². The minimum Gasteiger partial charge on any atom is -0.454 e. The van der Waals surface area contributed by atoms with Crippen LogP contribution in [0.25, 0.3) is 0 Å². The van der Waals surface area contributed by atoms with E-state index in [0.29, 0.717) is 0 Å². The Hall–Kier alpha value is -2.91. The molecule has 0 aromatic heterocycles. The number of hydrogen-bond donors (Lipinski definition) is 2. The number of benzene rings is 1. The van der Waals surface area contributed by atoms with Crippen LogP contribution < -0.4 is 20.1 Å². The van der Waals surface area contributed by atoms with Crippen LogP contribution in [0.5, 0.6) is 11.5 Å². The van der Waals surface area contributed by atoms with Gasteiger partial charge in [-0.1, -0.05) is 20.8 Å². The van der Waals surface area contributed by atoms with E-state index in [1.165, 1.54) is 19.1 Å². The molecule has 2 amide bonds. The Kier molecular flexibility index (Phi) is 5.57. The number of rotatable bonds is 5. The third-order valence-electron chi connectivity index (χ3n) is 3.41. The number of anilines is 1. The van der Waals surface area contributed by atoms with Gasteiger partial charge in [-0.3, -0.25) is 9.59 Å². The number of halogens is 2. The first-order chi connectivity index (χ1) is 12.4. The smallest absolute Gasteiger partial charge is 0.454 e. The lowest BCUT2D eigenvalue weighted by Crippen LogP contribution is -2.45. The molecular formula is C17H20F2N2O6. The zero-order valence-electron chi connectivity index (χ0n) is 15.2. The summed E-state index contributed by atoms with van der Waals surface area (Å²) in [4.78, 5) is 35.5. The number of esters is 1. The van der Waals surface area contributed by atoms with Crippen molar-refractivity contribution in [2.75, 3.05) is 11.9 Å². The van der Waals surface area contributed by atoms with E-state index < -0.39 is 36.2 Å². The molecule has 8 nitrogen and oxygen atoms in total. The topological polar surface area (TPSA) is 103 Å². The summed E-state index contributed by atoms with van der Waals surface area (Å²) in [6.45, 7) is 5.89. The number of carbonyl (C=O) groups excluding carboxylic acids is 3. The summed E-state index contributed by atoms with van der Waals surface area (Å²) in [7, 11) is 0. The number of nitrogens with one attached hydrogen (secondary N) is 2. The predicted octanol–water partition coefficient (Wildman–Crippen LogP) is 2.04. The monoisotopic (exact) mass is 386 g/mol. The largest absolute Gasteiger partial charge is 0.586 e.